The van der Waals surface area contributed by atoms with Crippen LogP contribution in [0.1, 0.15) is 36.1 Å². The smallest absolute Gasteiger partial charge is 0.340 e. The molecule has 0 fully saturated rings. The molecule has 4 nitrogen and oxygen atoms in total. The van der Waals surface area contributed by atoms with Crippen molar-refractivity contribution in [3.05, 3.63) is 81.6 Å². The molecular weight excluding hydrogens is 350 g/mol. The first kappa shape index (κ1) is 19.6. The van der Waals surface area contributed by atoms with E-state index in [0.717, 1.165) is 27.9 Å². The quantitative estimate of drug-likeness (QED) is 0.565. The summed E-state index contributed by atoms with van der Waals surface area (Å²) in [6, 6.07) is 13.7. The minimum atomic E-state index is -0.474. The second-order valence-electron chi connectivity index (χ2n) is 7.06. The van der Waals surface area contributed by atoms with E-state index in [9.17, 15) is 9.59 Å². The Bertz CT molecular complexity index is 997. The lowest BCUT2D eigenvalue weighted by Gasteiger charge is -2.19. The van der Waals surface area contributed by atoms with Crippen LogP contribution in [0.25, 0.3) is 6.08 Å². The molecule has 0 radical (unpaired) electrons. The lowest BCUT2D eigenvalue weighted by molar-refractivity contribution is -0.138. The zero-order valence-corrected chi connectivity index (χ0v) is 17.0. The molecule has 3 rings (SSSR count). The minimum absolute atomic E-state index is 0.218. The number of esters is 1. The Hall–Kier alpha value is -3.14. The van der Waals surface area contributed by atoms with Crippen LogP contribution in [0.2, 0.25) is 0 Å². The highest BCUT2D eigenvalue weighted by molar-refractivity contribution is 6.23. The van der Waals surface area contributed by atoms with E-state index in [1.165, 1.54) is 0 Å². The standard InChI is InChI=1S/C24H25NO3/c1-6-28-24(27)22-18(5)25(20-12-9-16(3)17(4)13-20)23(26)21(22)14-19-10-7-15(2)8-11-19/h7-14H,6H2,1-5H3. The van der Waals surface area contributed by atoms with Crippen molar-refractivity contribution in [2.24, 2.45) is 0 Å². The molecule has 1 amide bonds. The fourth-order valence-electron chi connectivity index (χ4n) is 3.29. The molecule has 144 valence electrons. The summed E-state index contributed by atoms with van der Waals surface area (Å²) in [4.78, 5) is 27.6. The summed E-state index contributed by atoms with van der Waals surface area (Å²) in [6.45, 7) is 9.84. The summed E-state index contributed by atoms with van der Waals surface area (Å²) >= 11 is 0. The summed E-state index contributed by atoms with van der Waals surface area (Å²) in [6.07, 6.45) is 1.76. The monoisotopic (exact) mass is 375 g/mol. The molecule has 1 aliphatic heterocycles. The van der Waals surface area contributed by atoms with Gasteiger partial charge in [-0.15, -0.1) is 0 Å². The first-order valence-electron chi connectivity index (χ1n) is 9.42. The van der Waals surface area contributed by atoms with Gasteiger partial charge >= 0.3 is 5.97 Å². The highest BCUT2D eigenvalue weighted by Crippen LogP contribution is 2.36. The Balaban J connectivity index is 2.13. The predicted molar refractivity (Wildman–Crippen MR) is 112 cm³/mol. The third-order valence-corrected chi connectivity index (χ3v) is 5.02. The van der Waals surface area contributed by atoms with Gasteiger partial charge in [0, 0.05) is 11.4 Å². The van der Waals surface area contributed by atoms with Gasteiger partial charge in [0.05, 0.1) is 17.8 Å². The predicted octanol–water partition coefficient (Wildman–Crippen LogP) is 4.88. The normalized spacial score (nSPS) is 15.5. The SMILES string of the molecule is CCOC(=O)C1=C(C)N(c2ccc(C)c(C)c2)C(=O)C1=Cc1ccc(C)cc1. The van der Waals surface area contributed by atoms with Gasteiger partial charge in [-0.2, -0.15) is 0 Å². The third kappa shape index (κ3) is 3.63. The van der Waals surface area contributed by atoms with Crippen LogP contribution < -0.4 is 4.90 Å². The summed E-state index contributed by atoms with van der Waals surface area (Å²) in [5.74, 6) is -0.692. The van der Waals surface area contributed by atoms with Gasteiger partial charge in [0.2, 0.25) is 0 Å². The topological polar surface area (TPSA) is 46.6 Å². The van der Waals surface area contributed by atoms with Gasteiger partial charge in [-0.1, -0.05) is 35.9 Å². The summed E-state index contributed by atoms with van der Waals surface area (Å²) in [5.41, 5.74) is 6.26. The number of nitrogens with zero attached hydrogens (tertiary/aromatic N) is 1. The molecule has 0 N–H and O–H groups in total. The average Bonchev–Trinajstić information content (AvgIpc) is 2.90. The maximum atomic E-state index is 13.3. The van der Waals surface area contributed by atoms with Crippen molar-refractivity contribution in [3.8, 4) is 0 Å². The minimum Gasteiger partial charge on any atom is -0.462 e. The number of allylic oxidation sites excluding steroid dienone is 1. The fraction of sp³-hybridized carbons (Fsp3) is 0.250. The Kier molecular flexibility index (Phi) is 5.50. The number of anilines is 1. The molecule has 0 aromatic heterocycles. The maximum absolute atomic E-state index is 13.3. The van der Waals surface area contributed by atoms with E-state index in [2.05, 4.69) is 0 Å². The molecule has 0 spiro atoms. The second kappa shape index (κ2) is 7.85. The molecule has 0 saturated heterocycles. The molecule has 0 unspecified atom stereocenters. The number of amides is 1. The molecular formula is C24H25NO3. The summed E-state index contributed by atoms with van der Waals surface area (Å²) in [5, 5.41) is 0. The highest BCUT2D eigenvalue weighted by Gasteiger charge is 2.38. The maximum Gasteiger partial charge on any atom is 0.340 e. The Morgan fingerprint density at radius 3 is 2.29 bits per heavy atom. The molecule has 1 aliphatic rings. The van der Waals surface area contributed by atoms with E-state index in [1.807, 2.05) is 63.2 Å². The van der Waals surface area contributed by atoms with Crippen LogP contribution in [0.3, 0.4) is 0 Å². The number of hydrogen-bond donors (Lipinski definition) is 0. The zero-order valence-electron chi connectivity index (χ0n) is 17.0. The zero-order chi connectivity index (χ0) is 20.4. The Labute approximate surface area is 166 Å². The first-order valence-corrected chi connectivity index (χ1v) is 9.42. The van der Waals surface area contributed by atoms with Gasteiger partial charge in [0.1, 0.15) is 0 Å². The van der Waals surface area contributed by atoms with Crippen LogP contribution in [0, 0.1) is 20.8 Å². The highest BCUT2D eigenvalue weighted by atomic mass is 16.5. The van der Waals surface area contributed by atoms with Gasteiger partial charge in [-0.3, -0.25) is 9.69 Å². The van der Waals surface area contributed by atoms with Gasteiger partial charge in [-0.05, 0) is 69.5 Å². The average molecular weight is 375 g/mol. The molecule has 2 aromatic carbocycles. The fourth-order valence-corrected chi connectivity index (χ4v) is 3.29. The molecule has 2 aromatic rings. The van der Waals surface area contributed by atoms with Crippen molar-refractivity contribution in [2.75, 3.05) is 11.5 Å². The van der Waals surface area contributed by atoms with Gasteiger partial charge in [-0.25, -0.2) is 4.79 Å². The lowest BCUT2D eigenvalue weighted by Crippen LogP contribution is -2.24. The van der Waals surface area contributed by atoms with Crippen molar-refractivity contribution in [1.29, 1.82) is 0 Å². The number of aryl methyl sites for hydroxylation is 3. The molecule has 28 heavy (non-hydrogen) atoms. The summed E-state index contributed by atoms with van der Waals surface area (Å²) in [7, 11) is 0. The van der Waals surface area contributed by atoms with E-state index < -0.39 is 5.97 Å². The number of benzene rings is 2. The third-order valence-electron chi connectivity index (χ3n) is 5.02. The second-order valence-corrected chi connectivity index (χ2v) is 7.06. The summed E-state index contributed by atoms with van der Waals surface area (Å²) < 4.78 is 5.24. The van der Waals surface area contributed by atoms with Crippen LogP contribution in [-0.4, -0.2) is 18.5 Å². The first-order chi connectivity index (χ1) is 13.3. The van der Waals surface area contributed by atoms with E-state index in [4.69, 9.17) is 4.74 Å². The number of rotatable bonds is 4. The van der Waals surface area contributed by atoms with Crippen molar-refractivity contribution < 1.29 is 14.3 Å². The number of carbonyl (C=O) groups is 2. The van der Waals surface area contributed by atoms with Crippen molar-refractivity contribution in [3.63, 3.8) is 0 Å². The number of ether oxygens (including phenoxy) is 1. The molecule has 0 atom stereocenters. The van der Waals surface area contributed by atoms with E-state index in [0.29, 0.717) is 16.8 Å². The molecule has 4 heteroatoms. The van der Waals surface area contributed by atoms with Gasteiger partial charge in [0.25, 0.3) is 5.91 Å². The molecule has 1 heterocycles. The van der Waals surface area contributed by atoms with Crippen molar-refractivity contribution in [1.82, 2.24) is 0 Å². The molecule has 0 aliphatic carbocycles. The van der Waals surface area contributed by atoms with Crippen LogP contribution in [0.4, 0.5) is 5.69 Å². The van der Waals surface area contributed by atoms with Gasteiger partial charge < -0.3 is 4.74 Å². The van der Waals surface area contributed by atoms with Crippen molar-refractivity contribution in [2.45, 2.75) is 34.6 Å². The lowest BCUT2D eigenvalue weighted by atomic mass is 10.0. The van der Waals surface area contributed by atoms with E-state index >= 15 is 0 Å². The van der Waals surface area contributed by atoms with E-state index in [-0.39, 0.29) is 12.5 Å². The van der Waals surface area contributed by atoms with Gasteiger partial charge in [0.15, 0.2) is 0 Å². The van der Waals surface area contributed by atoms with Crippen LogP contribution in [0.5, 0.6) is 0 Å². The number of carbonyl (C=O) groups excluding carboxylic acids is 2. The molecule has 0 saturated carbocycles. The van der Waals surface area contributed by atoms with Crippen molar-refractivity contribution >= 4 is 23.6 Å². The van der Waals surface area contributed by atoms with Crippen LogP contribution in [-0.2, 0) is 14.3 Å². The Morgan fingerprint density at radius 2 is 1.68 bits per heavy atom. The van der Waals surface area contributed by atoms with Crippen LogP contribution in [0.15, 0.2) is 59.3 Å². The Morgan fingerprint density at radius 1 is 1.00 bits per heavy atom. The number of hydrogen-bond acceptors (Lipinski definition) is 3. The van der Waals surface area contributed by atoms with Crippen LogP contribution >= 0.6 is 0 Å². The largest absolute Gasteiger partial charge is 0.462 e. The molecule has 0 bridgehead atoms. The van der Waals surface area contributed by atoms with E-state index in [1.54, 1.807) is 24.8 Å².